The van der Waals surface area contributed by atoms with E-state index >= 15 is 0 Å². The van der Waals surface area contributed by atoms with E-state index in [2.05, 4.69) is 106 Å². The van der Waals surface area contributed by atoms with Crippen LogP contribution in [0.4, 0.5) is 22.7 Å². The van der Waals surface area contributed by atoms with E-state index < -0.39 is 72.7 Å². The molecule has 2 amide bonds. The number of sulfonamides is 2. The lowest BCUT2D eigenvalue weighted by atomic mass is 9.72. The van der Waals surface area contributed by atoms with Crippen LogP contribution in [0.3, 0.4) is 0 Å². The van der Waals surface area contributed by atoms with Crippen LogP contribution in [0.25, 0.3) is 33.2 Å². The number of piperazine rings is 2. The molecule has 35 heteroatoms. The number of rotatable bonds is 25. The maximum absolute atomic E-state index is 14.1. The number of sulfone groups is 1. The number of nitrogens with zero attached hydrogens (tertiary/aromatic N) is 9. The second-order valence-electron chi connectivity index (χ2n) is 36.4. The van der Waals surface area contributed by atoms with Gasteiger partial charge in [-0.05, 0) is 194 Å². The molecule has 7 aromatic carbocycles. The topological polar surface area (TPSA) is 367 Å². The molecule has 0 radical (unpaired) electrons. The molecular weight excluding hydrogens is 1820 g/mol. The van der Waals surface area contributed by atoms with Crippen LogP contribution in [0.5, 0.6) is 34.5 Å². The maximum Gasteiger partial charge on any atom is 0.277 e. The summed E-state index contributed by atoms with van der Waals surface area (Å²) in [5.74, 6) is -1.47. The van der Waals surface area contributed by atoms with Crippen molar-refractivity contribution in [1.29, 1.82) is 0 Å². The zero-order chi connectivity index (χ0) is 93.4. The second-order valence-corrected chi connectivity index (χ2v) is 43.0. The lowest BCUT2D eigenvalue weighted by Crippen LogP contribution is -2.47. The Bertz CT molecular complexity index is 6960. The van der Waals surface area contributed by atoms with Crippen molar-refractivity contribution in [3.05, 3.63) is 292 Å². The van der Waals surface area contributed by atoms with Crippen molar-refractivity contribution in [3.63, 3.8) is 0 Å². The number of nitro benzene ring substituents is 2. The fourth-order valence-corrected chi connectivity index (χ4v) is 21.4. The fourth-order valence-electron chi connectivity index (χ4n) is 18.3. The average molecular weight is 1920 g/mol. The molecule has 4 aliphatic heterocycles. The van der Waals surface area contributed by atoms with Gasteiger partial charge >= 0.3 is 0 Å². The highest BCUT2D eigenvalue weighted by atomic mass is 35.5. The highest BCUT2D eigenvalue weighted by molar-refractivity contribution is 7.91. The number of ether oxygens (including phenoxy) is 4. The van der Waals surface area contributed by atoms with Gasteiger partial charge in [-0.2, -0.15) is 0 Å². The van der Waals surface area contributed by atoms with Gasteiger partial charge in [-0.3, -0.25) is 44.6 Å². The predicted molar refractivity (Wildman–Crippen MR) is 512 cm³/mol. The van der Waals surface area contributed by atoms with Crippen molar-refractivity contribution in [3.8, 4) is 34.5 Å². The first-order valence-corrected chi connectivity index (χ1v) is 49.8. The molecule has 0 saturated carbocycles. The number of carbonyl (C=O) groups excluding carboxylic acids is 2. The van der Waals surface area contributed by atoms with E-state index in [0.29, 0.717) is 77.6 Å². The van der Waals surface area contributed by atoms with Crippen LogP contribution >= 0.6 is 34.8 Å². The number of hydrogen-bond acceptors (Lipinski definition) is 23. The number of benzene rings is 7. The van der Waals surface area contributed by atoms with Gasteiger partial charge in [-0.1, -0.05) is 116 Å². The summed E-state index contributed by atoms with van der Waals surface area (Å²) in [7, 11) is -12.8. The Labute approximate surface area is 785 Å². The third-order valence-electron chi connectivity index (χ3n) is 25.6. The van der Waals surface area contributed by atoms with E-state index in [1.807, 2.05) is 54.6 Å². The maximum atomic E-state index is 14.1. The monoisotopic (exact) mass is 1910 g/mol. The number of allylic oxidation sites excluding steroid dienone is 2. The molecule has 2 aliphatic carbocycles. The number of amides is 2. The molecule has 4 N–H and O–H groups in total. The van der Waals surface area contributed by atoms with Gasteiger partial charge in [0.05, 0.1) is 72.4 Å². The third kappa shape index (κ3) is 21.7. The minimum atomic E-state index is -4.71. The fraction of sp³-hybridized carbons (Fsp3) is 0.316. The number of fused-ring (bicyclic) bond motifs is 4. The van der Waals surface area contributed by atoms with Crippen LogP contribution in [0.2, 0.25) is 15.1 Å². The van der Waals surface area contributed by atoms with Crippen LogP contribution in [0, 0.1) is 42.9 Å². The van der Waals surface area contributed by atoms with Crippen LogP contribution in [-0.2, 0) is 55.6 Å². The van der Waals surface area contributed by atoms with Gasteiger partial charge in [0.1, 0.15) is 45.8 Å². The normalized spacial score (nSPS) is 17.7. The molecule has 29 nitrogen and oxygen atoms in total. The standard InChI is InChI=1S/C49H48Cl2N6O7S.C49H50ClN7O9S2/c1-49(2)15-13-35(42(27-49)32-7-9-36(50)10-8-32)29-55-17-19-56(20-18-55)37-11-12-40(46(24-37)64-38-23-34-14-16-52-47(34)53-28-38)48(58)54-65(61,62)39-25-44(57(59)60)41-22-31(30-63-45(41)26-39)21-33-5-3-4-6-43(33)51;1-49(2)14-12-34(43(26-49)32-4-6-35(50)7-5-32)29-55-16-18-56(19-17-55)37-9-11-41(46(23-37)66-38-22-33-13-15-51-47(33)53-27-38)48(58)54-68(63,64)40-24-44(57(59)60)42-21-31(30-65-45(42)25-40)20-36-8-10-39(28-52-36)67(3,61)62/h3-12,14,16,23-26,28,31H,13,15,17-22,27,29-30H2,1-2H3,(H,52,53)(H,54,58);4-11,13,15,22-25,27-28,31H,12,14,16-21,26,29-30H2,1-3H3,(H,51,53)(H,54,58)/t2*31-/m11/s1. The zero-order valence-electron chi connectivity index (χ0n) is 73.7. The van der Waals surface area contributed by atoms with Crippen molar-refractivity contribution in [2.75, 3.05) is 94.7 Å². The van der Waals surface area contributed by atoms with E-state index in [9.17, 15) is 55.1 Å². The number of aromatic nitrogens is 5. The second kappa shape index (κ2) is 38.4. The van der Waals surface area contributed by atoms with Gasteiger partial charge in [0.15, 0.2) is 9.84 Å². The first-order chi connectivity index (χ1) is 63.5. The molecule has 0 bridgehead atoms. The summed E-state index contributed by atoms with van der Waals surface area (Å²) in [6, 6.07) is 48.2. The molecular formula is C98H98Cl3N13O16S3. The van der Waals surface area contributed by atoms with Gasteiger partial charge in [0, 0.05) is 181 Å². The summed E-state index contributed by atoms with van der Waals surface area (Å²) < 4.78 is 108. The first kappa shape index (κ1) is 92.6. The smallest absolute Gasteiger partial charge is 0.277 e. The number of carbonyl (C=O) groups is 2. The van der Waals surface area contributed by atoms with Gasteiger partial charge < -0.3 is 38.7 Å². The Kier molecular flexibility index (Phi) is 26.7. The first-order valence-electron chi connectivity index (χ1n) is 43.8. The van der Waals surface area contributed by atoms with Crippen molar-refractivity contribution < 1.29 is 63.6 Å². The molecule has 690 valence electrons. The summed E-state index contributed by atoms with van der Waals surface area (Å²) in [5, 5.41) is 28.4. The van der Waals surface area contributed by atoms with E-state index in [4.69, 9.17) is 53.8 Å². The Morgan fingerprint density at radius 3 is 1.38 bits per heavy atom. The van der Waals surface area contributed by atoms with Gasteiger partial charge in [0.25, 0.3) is 43.2 Å². The van der Waals surface area contributed by atoms with Crippen molar-refractivity contribution in [1.82, 2.24) is 44.2 Å². The minimum absolute atomic E-state index is 0.00573. The number of nitrogens with one attached hydrogen (secondary N) is 4. The predicted octanol–water partition coefficient (Wildman–Crippen LogP) is 18.7. The number of halogens is 3. The molecule has 6 aliphatic rings. The van der Waals surface area contributed by atoms with Gasteiger partial charge in [0.2, 0.25) is 0 Å². The molecule has 2 saturated heterocycles. The average Bonchev–Trinajstić information content (AvgIpc) is 1.39. The van der Waals surface area contributed by atoms with Crippen molar-refractivity contribution >= 4 is 132 Å². The third-order valence-corrected chi connectivity index (χ3v) is 30.2. The highest BCUT2D eigenvalue weighted by Gasteiger charge is 2.38. The Hall–Kier alpha value is -12.3. The summed E-state index contributed by atoms with van der Waals surface area (Å²) in [5.41, 5.74) is 12.3. The molecule has 18 rings (SSSR count). The molecule has 2 fully saturated rings. The van der Waals surface area contributed by atoms with Crippen LogP contribution in [0.15, 0.2) is 227 Å². The lowest BCUT2D eigenvalue weighted by molar-refractivity contribution is -0.386. The van der Waals surface area contributed by atoms with E-state index in [0.717, 1.165) is 129 Å². The summed E-state index contributed by atoms with van der Waals surface area (Å²) >= 11 is 18.9. The quantitative estimate of drug-likeness (QED) is 0.0305. The Balaban J connectivity index is 0.000000186. The highest BCUT2D eigenvalue weighted by Crippen LogP contribution is 2.48. The minimum Gasteiger partial charge on any atom is -0.493 e. The van der Waals surface area contributed by atoms with Gasteiger partial charge in [-0.25, -0.2) is 44.7 Å². The Morgan fingerprint density at radius 1 is 0.519 bits per heavy atom. The molecule has 5 aromatic heterocycles. The summed E-state index contributed by atoms with van der Waals surface area (Å²) in [4.78, 5) is 79.3. The van der Waals surface area contributed by atoms with Crippen LogP contribution in [0.1, 0.15) is 120 Å². The molecule has 2 atom stereocenters. The van der Waals surface area contributed by atoms with E-state index in [1.54, 1.807) is 60.9 Å². The molecule has 12 aromatic rings. The lowest BCUT2D eigenvalue weighted by Gasteiger charge is -2.39. The molecule has 0 spiro atoms. The molecule has 9 heterocycles. The SMILES string of the molecule is CC1(C)CCC(CN2CCN(c3ccc(C(=O)NS(=O)(=O)c4cc5c(c([N+](=O)[O-])c4)C[C@@H](Cc4ccc(S(C)(=O)=O)cn4)CO5)c(Oc4cnc5[nH]ccc5c4)c3)CC2)=C(c2ccc(Cl)cc2)C1.CC1(C)CCC(CN2CCN(c3ccc(C(=O)NS(=O)(=O)c4cc5c(c([N+](=O)[O-])c4)C[C@@H](Cc4ccccc4Cl)CO5)c(Oc4cnc5[nH]ccc5c4)c3)CC2)=C(c2ccc(Cl)cc2)C1. The number of aromatic amines is 2. The number of anilines is 2. The number of H-pyrrole nitrogens is 2. The summed E-state index contributed by atoms with van der Waals surface area (Å²) in [6.45, 7) is 17.3. The number of hydrogen-bond donors (Lipinski definition) is 4. The summed E-state index contributed by atoms with van der Waals surface area (Å²) in [6.07, 6.45) is 16.5. The van der Waals surface area contributed by atoms with Crippen LogP contribution in [-0.4, -0.2) is 167 Å². The van der Waals surface area contributed by atoms with Gasteiger partial charge in [-0.15, -0.1) is 0 Å². The molecule has 133 heavy (non-hydrogen) atoms. The number of nitro groups is 2. The number of pyridine rings is 3. The van der Waals surface area contributed by atoms with Crippen LogP contribution < -0.4 is 38.2 Å². The zero-order valence-corrected chi connectivity index (χ0v) is 78.4. The van der Waals surface area contributed by atoms with Crippen molar-refractivity contribution in [2.45, 2.75) is 107 Å². The Morgan fingerprint density at radius 2 is 0.962 bits per heavy atom. The molecule has 0 unspecified atom stereocenters. The van der Waals surface area contributed by atoms with E-state index in [-0.39, 0.29) is 98.9 Å². The van der Waals surface area contributed by atoms with E-state index in [1.165, 1.54) is 82.3 Å². The van der Waals surface area contributed by atoms with Crippen molar-refractivity contribution in [2.24, 2.45) is 22.7 Å². The largest absolute Gasteiger partial charge is 0.493 e.